The SMILES string of the molecule is O=C(c1ccc[nH]1)N1CCC(CO)(Cc2ccccc2Cl)CC1. The molecule has 0 atom stereocenters. The smallest absolute Gasteiger partial charge is 0.270 e. The van der Waals surface area contributed by atoms with Crippen molar-refractivity contribution in [2.24, 2.45) is 5.41 Å². The summed E-state index contributed by atoms with van der Waals surface area (Å²) in [5.41, 5.74) is 1.48. The first-order valence-electron chi connectivity index (χ1n) is 7.90. The summed E-state index contributed by atoms with van der Waals surface area (Å²) in [7, 11) is 0. The van der Waals surface area contributed by atoms with E-state index in [1.807, 2.05) is 35.2 Å². The van der Waals surface area contributed by atoms with Gasteiger partial charge in [-0.15, -0.1) is 0 Å². The second-order valence-corrected chi connectivity index (χ2v) is 6.71. The highest BCUT2D eigenvalue weighted by atomic mass is 35.5. The number of hydrogen-bond acceptors (Lipinski definition) is 2. The van der Waals surface area contributed by atoms with Gasteiger partial charge in [-0.2, -0.15) is 0 Å². The molecule has 23 heavy (non-hydrogen) atoms. The van der Waals surface area contributed by atoms with Crippen LogP contribution in [0.2, 0.25) is 5.02 Å². The van der Waals surface area contributed by atoms with Crippen LogP contribution in [-0.4, -0.2) is 40.6 Å². The highest BCUT2D eigenvalue weighted by Gasteiger charge is 2.36. The molecule has 1 aliphatic rings. The molecular weight excluding hydrogens is 312 g/mol. The zero-order chi connectivity index (χ0) is 16.3. The van der Waals surface area contributed by atoms with Crippen molar-refractivity contribution in [2.45, 2.75) is 19.3 Å². The molecular formula is C18H21ClN2O2. The second kappa shape index (κ2) is 6.77. The van der Waals surface area contributed by atoms with E-state index >= 15 is 0 Å². The zero-order valence-corrected chi connectivity index (χ0v) is 13.7. The zero-order valence-electron chi connectivity index (χ0n) is 13.0. The topological polar surface area (TPSA) is 56.3 Å². The Morgan fingerprint density at radius 2 is 1.96 bits per heavy atom. The summed E-state index contributed by atoms with van der Waals surface area (Å²) in [4.78, 5) is 17.2. The van der Waals surface area contributed by atoms with Gasteiger partial charge in [0.2, 0.25) is 0 Å². The first kappa shape index (κ1) is 16.1. The molecule has 0 aliphatic carbocycles. The minimum absolute atomic E-state index is 0.0271. The van der Waals surface area contributed by atoms with E-state index in [0.29, 0.717) is 18.8 Å². The van der Waals surface area contributed by atoms with Crippen LogP contribution in [0.4, 0.5) is 0 Å². The molecule has 0 radical (unpaired) electrons. The molecule has 2 heterocycles. The second-order valence-electron chi connectivity index (χ2n) is 6.30. The van der Waals surface area contributed by atoms with Crippen molar-refractivity contribution >= 4 is 17.5 Å². The fraction of sp³-hybridized carbons (Fsp3) is 0.389. The van der Waals surface area contributed by atoms with Gasteiger partial charge in [-0.1, -0.05) is 29.8 Å². The van der Waals surface area contributed by atoms with Crippen molar-refractivity contribution in [2.75, 3.05) is 19.7 Å². The Morgan fingerprint density at radius 3 is 2.57 bits per heavy atom. The van der Waals surface area contributed by atoms with Gasteiger partial charge in [0.05, 0.1) is 0 Å². The summed E-state index contributed by atoms with van der Waals surface area (Å²) >= 11 is 6.26. The molecule has 5 heteroatoms. The average molecular weight is 333 g/mol. The van der Waals surface area contributed by atoms with E-state index in [0.717, 1.165) is 29.8 Å². The van der Waals surface area contributed by atoms with Crippen LogP contribution in [-0.2, 0) is 6.42 Å². The van der Waals surface area contributed by atoms with E-state index in [1.54, 1.807) is 12.3 Å². The number of H-pyrrole nitrogens is 1. The van der Waals surface area contributed by atoms with Crippen LogP contribution in [0.5, 0.6) is 0 Å². The van der Waals surface area contributed by atoms with Crippen molar-refractivity contribution in [3.05, 3.63) is 58.9 Å². The third-order valence-corrected chi connectivity index (χ3v) is 5.17. The third-order valence-electron chi connectivity index (χ3n) is 4.80. The number of carbonyl (C=O) groups is 1. The first-order chi connectivity index (χ1) is 11.1. The molecule has 0 unspecified atom stereocenters. The molecule has 3 rings (SSSR count). The molecule has 2 aromatic rings. The van der Waals surface area contributed by atoms with E-state index in [9.17, 15) is 9.90 Å². The van der Waals surface area contributed by atoms with Crippen molar-refractivity contribution < 1.29 is 9.90 Å². The Bertz CT molecular complexity index is 661. The molecule has 1 aromatic heterocycles. The molecule has 2 N–H and O–H groups in total. The van der Waals surface area contributed by atoms with Gasteiger partial charge in [-0.25, -0.2) is 0 Å². The van der Waals surface area contributed by atoms with Crippen molar-refractivity contribution in [1.82, 2.24) is 9.88 Å². The number of rotatable bonds is 4. The normalized spacial score (nSPS) is 17.2. The summed E-state index contributed by atoms with van der Waals surface area (Å²) in [5, 5.41) is 10.7. The molecule has 1 aliphatic heterocycles. The molecule has 1 amide bonds. The Morgan fingerprint density at radius 1 is 1.22 bits per heavy atom. The minimum Gasteiger partial charge on any atom is -0.396 e. The maximum absolute atomic E-state index is 12.4. The van der Waals surface area contributed by atoms with Gasteiger partial charge >= 0.3 is 0 Å². The average Bonchev–Trinajstić information content (AvgIpc) is 3.11. The Hall–Kier alpha value is -1.78. The van der Waals surface area contributed by atoms with Crippen LogP contribution < -0.4 is 0 Å². The fourth-order valence-corrected chi connectivity index (χ4v) is 3.46. The number of aromatic nitrogens is 1. The lowest BCUT2D eigenvalue weighted by molar-refractivity contribution is 0.0355. The van der Waals surface area contributed by atoms with Crippen LogP contribution in [0.1, 0.15) is 28.9 Å². The summed E-state index contributed by atoms with van der Waals surface area (Å²) in [6.45, 7) is 1.43. The monoisotopic (exact) mass is 332 g/mol. The van der Waals surface area contributed by atoms with E-state index < -0.39 is 0 Å². The number of aliphatic hydroxyl groups excluding tert-OH is 1. The number of piperidine rings is 1. The van der Waals surface area contributed by atoms with E-state index in [-0.39, 0.29) is 17.9 Å². The quantitative estimate of drug-likeness (QED) is 0.903. The first-order valence-corrected chi connectivity index (χ1v) is 8.28. The lowest BCUT2D eigenvalue weighted by Gasteiger charge is -2.41. The highest BCUT2D eigenvalue weighted by Crippen LogP contribution is 2.36. The molecule has 122 valence electrons. The van der Waals surface area contributed by atoms with E-state index in [4.69, 9.17) is 11.6 Å². The highest BCUT2D eigenvalue weighted by molar-refractivity contribution is 6.31. The van der Waals surface area contributed by atoms with Gasteiger partial charge < -0.3 is 15.0 Å². The maximum atomic E-state index is 12.4. The number of benzene rings is 1. The Kier molecular flexibility index (Phi) is 4.74. The lowest BCUT2D eigenvalue weighted by atomic mass is 9.74. The van der Waals surface area contributed by atoms with E-state index in [1.165, 1.54) is 0 Å². The fourth-order valence-electron chi connectivity index (χ4n) is 3.25. The number of amides is 1. The van der Waals surface area contributed by atoms with Gasteiger partial charge in [-0.3, -0.25) is 4.79 Å². The van der Waals surface area contributed by atoms with Crippen LogP contribution in [0.15, 0.2) is 42.6 Å². The van der Waals surface area contributed by atoms with Crippen molar-refractivity contribution in [1.29, 1.82) is 0 Å². The molecule has 1 aromatic carbocycles. The largest absolute Gasteiger partial charge is 0.396 e. The van der Waals surface area contributed by atoms with Crippen LogP contribution in [0.25, 0.3) is 0 Å². The lowest BCUT2D eigenvalue weighted by Crippen LogP contribution is -2.45. The molecule has 0 spiro atoms. The number of nitrogens with zero attached hydrogens (tertiary/aromatic N) is 1. The Balaban J connectivity index is 1.68. The predicted molar refractivity (Wildman–Crippen MR) is 90.6 cm³/mol. The van der Waals surface area contributed by atoms with Gasteiger partial charge in [0.15, 0.2) is 0 Å². The number of likely N-dealkylation sites (tertiary alicyclic amines) is 1. The standard InChI is InChI=1S/C18H21ClN2O2/c19-15-5-2-1-4-14(15)12-18(13-22)7-10-21(11-8-18)17(23)16-6-3-9-20-16/h1-6,9,20,22H,7-8,10-13H2. The van der Waals surface area contributed by atoms with Gasteiger partial charge in [-0.05, 0) is 43.0 Å². The van der Waals surface area contributed by atoms with Crippen LogP contribution >= 0.6 is 11.6 Å². The summed E-state index contributed by atoms with van der Waals surface area (Å²) in [6.07, 6.45) is 4.06. The van der Waals surface area contributed by atoms with Crippen LogP contribution in [0, 0.1) is 5.41 Å². The minimum atomic E-state index is -0.197. The number of aromatic amines is 1. The molecule has 4 nitrogen and oxygen atoms in total. The molecule has 1 saturated heterocycles. The van der Waals surface area contributed by atoms with E-state index in [2.05, 4.69) is 4.98 Å². The third kappa shape index (κ3) is 3.43. The molecule has 0 saturated carbocycles. The molecule has 1 fully saturated rings. The van der Waals surface area contributed by atoms with Crippen LogP contribution in [0.3, 0.4) is 0 Å². The summed E-state index contributed by atoms with van der Waals surface area (Å²) in [6, 6.07) is 11.4. The maximum Gasteiger partial charge on any atom is 0.270 e. The number of aliphatic hydroxyl groups is 1. The number of hydrogen-bond donors (Lipinski definition) is 2. The number of halogens is 1. The number of nitrogens with one attached hydrogen (secondary N) is 1. The summed E-state index contributed by atoms with van der Waals surface area (Å²) < 4.78 is 0. The predicted octanol–water partition coefficient (Wildman–Crippen LogP) is 3.13. The van der Waals surface area contributed by atoms with Crippen molar-refractivity contribution in [3.8, 4) is 0 Å². The Labute approximate surface area is 141 Å². The van der Waals surface area contributed by atoms with Gasteiger partial charge in [0.1, 0.15) is 5.69 Å². The van der Waals surface area contributed by atoms with Gasteiger partial charge in [0, 0.05) is 36.3 Å². The summed E-state index contributed by atoms with van der Waals surface area (Å²) in [5.74, 6) is 0.0271. The van der Waals surface area contributed by atoms with Crippen molar-refractivity contribution in [3.63, 3.8) is 0 Å². The molecule has 0 bridgehead atoms. The number of carbonyl (C=O) groups excluding carboxylic acids is 1. The van der Waals surface area contributed by atoms with Gasteiger partial charge in [0.25, 0.3) is 5.91 Å².